The number of carbonyl (C=O) groups excluding carboxylic acids is 1. The standard InChI is InChI=1S/C21H25N3O4S/c1-28-19-6-4-16(5-7-19)14-24-15-18-8-11-23(12-9-20(18)29(24,26)27)21(25)17-3-2-10-22-13-17/h2-7,10,13,18,20H,8-9,11-12,14-15H2,1H3/t18-,20-/m0/s1. The number of amides is 1. The molecule has 154 valence electrons. The predicted molar refractivity (Wildman–Crippen MR) is 109 cm³/mol. The summed E-state index contributed by atoms with van der Waals surface area (Å²) in [5.74, 6) is 0.720. The quantitative estimate of drug-likeness (QED) is 0.765. The molecule has 2 aliphatic rings. The maximum atomic E-state index is 13.1. The van der Waals surface area contributed by atoms with Gasteiger partial charge in [0, 0.05) is 38.6 Å². The minimum atomic E-state index is -3.39. The van der Waals surface area contributed by atoms with Crippen molar-refractivity contribution in [1.29, 1.82) is 0 Å². The number of methoxy groups -OCH3 is 1. The van der Waals surface area contributed by atoms with Crippen molar-refractivity contribution >= 4 is 15.9 Å². The summed E-state index contributed by atoms with van der Waals surface area (Å²) in [6.07, 6.45) is 4.35. The average molecular weight is 416 g/mol. The first-order valence-corrected chi connectivity index (χ1v) is 11.3. The van der Waals surface area contributed by atoms with E-state index in [9.17, 15) is 13.2 Å². The van der Waals surface area contributed by atoms with Gasteiger partial charge in [-0.1, -0.05) is 12.1 Å². The van der Waals surface area contributed by atoms with Gasteiger partial charge in [-0.05, 0) is 48.6 Å². The molecule has 8 heteroatoms. The van der Waals surface area contributed by atoms with Crippen molar-refractivity contribution in [2.45, 2.75) is 24.6 Å². The summed E-state index contributed by atoms with van der Waals surface area (Å²) in [5.41, 5.74) is 1.49. The Balaban J connectivity index is 1.44. The third kappa shape index (κ3) is 4.00. The van der Waals surface area contributed by atoms with Gasteiger partial charge >= 0.3 is 0 Å². The normalized spacial score (nSPS) is 24.0. The number of rotatable bonds is 4. The summed E-state index contributed by atoms with van der Waals surface area (Å²) in [7, 11) is -1.78. The second kappa shape index (κ2) is 8.12. The summed E-state index contributed by atoms with van der Waals surface area (Å²) in [6.45, 7) is 1.90. The molecule has 2 aliphatic heterocycles. The number of fused-ring (bicyclic) bond motifs is 1. The van der Waals surface area contributed by atoms with Gasteiger partial charge in [-0.15, -0.1) is 0 Å². The van der Waals surface area contributed by atoms with E-state index in [0.717, 1.165) is 11.3 Å². The van der Waals surface area contributed by atoms with Crippen LogP contribution in [0, 0.1) is 5.92 Å². The summed E-state index contributed by atoms with van der Waals surface area (Å²) in [4.78, 5) is 18.5. The molecule has 3 heterocycles. The van der Waals surface area contributed by atoms with E-state index >= 15 is 0 Å². The van der Waals surface area contributed by atoms with Gasteiger partial charge in [-0.2, -0.15) is 4.31 Å². The van der Waals surface area contributed by atoms with Crippen LogP contribution in [0.15, 0.2) is 48.8 Å². The molecule has 1 aromatic heterocycles. The Hall–Kier alpha value is -2.45. The minimum Gasteiger partial charge on any atom is -0.497 e. The Morgan fingerprint density at radius 1 is 1.17 bits per heavy atom. The molecule has 29 heavy (non-hydrogen) atoms. The SMILES string of the molecule is COc1ccc(CN2C[C@@H]3CCN(C(=O)c4cccnc4)CC[C@@H]3S2(=O)=O)cc1. The molecule has 2 atom stereocenters. The number of carbonyl (C=O) groups is 1. The summed E-state index contributed by atoms with van der Waals surface area (Å²) in [5, 5.41) is -0.424. The van der Waals surface area contributed by atoms with Gasteiger partial charge in [-0.3, -0.25) is 9.78 Å². The fourth-order valence-corrected chi connectivity index (χ4v) is 6.48. The highest BCUT2D eigenvalue weighted by atomic mass is 32.2. The number of hydrogen-bond acceptors (Lipinski definition) is 5. The number of pyridine rings is 1. The van der Waals surface area contributed by atoms with Gasteiger partial charge in [0.05, 0.1) is 17.9 Å². The molecule has 0 N–H and O–H groups in total. The Kier molecular flexibility index (Phi) is 5.56. The van der Waals surface area contributed by atoms with Crippen molar-refractivity contribution in [3.8, 4) is 5.75 Å². The molecule has 0 aliphatic carbocycles. The van der Waals surface area contributed by atoms with E-state index in [1.807, 2.05) is 24.3 Å². The summed E-state index contributed by atoms with van der Waals surface area (Å²) < 4.78 is 33.0. The van der Waals surface area contributed by atoms with Crippen LogP contribution in [0.4, 0.5) is 0 Å². The van der Waals surface area contributed by atoms with Crippen LogP contribution in [0.5, 0.6) is 5.75 Å². The zero-order valence-electron chi connectivity index (χ0n) is 16.4. The van der Waals surface area contributed by atoms with Crippen LogP contribution in [-0.2, 0) is 16.6 Å². The van der Waals surface area contributed by atoms with E-state index in [1.165, 1.54) is 0 Å². The maximum Gasteiger partial charge on any atom is 0.255 e. The zero-order valence-corrected chi connectivity index (χ0v) is 17.2. The molecular formula is C21H25N3O4S. The molecule has 4 rings (SSSR count). The molecule has 0 spiro atoms. The smallest absolute Gasteiger partial charge is 0.255 e. The number of sulfonamides is 1. The molecule has 1 aromatic carbocycles. The van der Waals surface area contributed by atoms with Gasteiger partial charge in [0.2, 0.25) is 10.0 Å². The maximum absolute atomic E-state index is 13.1. The lowest BCUT2D eigenvalue weighted by Gasteiger charge is -2.22. The van der Waals surface area contributed by atoms with E-state index < -0.39 is 15.3 Å². The molecule has 0 unspecified atom stereocenters. The first-order valence-electron chi connectivity index (χ1n) is 9.80. The van der Waals surface area contributed by atoms with Crippen molar-refractivity contribution in [2.75, 3.05) is 26.7 Å². The molecule has 2 fully saturated rings. The lowest BCUT2D eigenvalue weighted by Crippen LogP contribution is -2.34. The number of ether oxygens (including phenoxy) is 1. The Labute approximate surface area is 171 Å². The molecule has 0 radical (unpaired) electrons. The number of aromatic nitrogens is 1. The highest BCUT2D eigenvalue weighted by molar-refractivity contribution is 7.90. The van der Waals surface area contributed by atoms with Crippen molar-refractivity contribution in [3.05, 3.63) is 59.9 Å². The Morgan fingerprint density at radius 3 is 2.62 bits per heavy atom. The second-order valence-electron chi connectivity index (χ2n) is 7.60. The monoisotopic (exact) mass is 415 g/mol. The second-order valence-corrected chi connectivity index (χ2v) is 9.75. The van der Waals surface area contributed by atoms with Crippen molar-refractivity contribution < 1.29 is 17.9 Å². The number of benzene rings is 1. The Morgan fingerprint density at radius 2 is 1.93 bits per heavy atom. The van der Waals surface area contributed by atoms with Gasteiger partial charge in [-0.25, -0.2) is 8.42 Å². The Bertz CT molecular complexity index is 963. The van der Waals surface area contributed by atoms with E-state index in [-0.39, 0.29) is 11.8 Å². The van der Waals surface area contributed by atoms with Crippen molar-refractivity contribution in [3.63, 3.8) is 0 Å². The van der Waals surface area contributed by atoms with Crippen LogP contribution in [0.25, 0.3) is 0 Å². The third-order valence-corrected chi connectivity index (χ3v) is 8.26. The molecule has 2 aromatic rings. The predicted octanol–water partition coefficient (Wildman–Crippen LogP) is 2.16. The van der Waals surface area contributed by atoms with Crippen LogP contribution in [0.3, 0.4) is 0 Å². The van der Waals surface area contributed by atoms with Crippen LogP contribution in [0.1, 0.15) is 28.8 Å². The molecule has 1 amide bonds. The topological polar surface area (TPSA) is 79.8 Å². The van der Waals surface area contributed by atoms with Crippen LogP contribution in [-0.4, -0.2) is 60.5 Å². The van der Waals surface area contributed by atoms with E-state index in [0.29, 0.717) is 44.6 Å². The van der Waals surface area contributed by atoms with E-state index in [1.54, 1.807) is 40.8 Å². The summed E-state index contributed by atoms with van der Waals surface area (Å²) >= 11 is 0. The third-order valence-electron chi connectivity index (χ3n) is 5.87. The van der Waals surface area contributed by atoms with E-state index in [4.69, 9.17) is 4.74 Å². The number of nitrogens with zero attached hydrogens (tertiary/aromatic N) is 3. The minimum absolute atomic E-state index is 0.0462. The first kappa shape index (κ1) is 19.8. The first-order chi connectivity index (χ1) is 14.0. The fourth-order valence-electron chi connectivity index (χ4n) is 4.26. The fraction of sp³-hybridized carbons (Fsp3) is 0.429. The molecule has 7 nitrogen and oxygen atoms in total. The van der Waals surface area contributed by atoms with Crippen molar-refractivity contribution in [1.82, 2.24) is 14.2 Å². The molecule has 0 saturated carbocycles. The highest BCUT2D eigenvalue weighted by Gasteiger charge is 2.47. The van der Waals surface area contributed by atoms with Crippen LogP contribution < -0.4 is 4.74 Å². The molecular weight excluding hydrogens is 390 g/mol. The van der Waals surface area contributed by atoms with Gasteiger partial charge in [0.1, 0.15) is 5.75 Å². The largest absolute Gasteiger partial charge is 0.497 e. The molecule has 2 saturated heterocycles. The molecule has 0 bridgehead atoms. The van der Waals surface area contributed by atoms with Crippen LogP contribution >= 0.6 is 0 Å². The lowest BCUT2D eigenvalue weighted by atomic mass is 10.0. The number of hydrogen-bond donors (Lipinski definition) is 0. The number of likely N-dealkylation sites (tertiary alicyclic amines) is 1. The average Bonchev–Trinajstić information content (AvgIpc) is 2.88. The van der Waals surface area contributed by atoms with Crippen LogP contribution in [0.2, 0.25) is 0 Å². The van der Waals surface area contributed by atoms with Crippen molar-refractivity contribution in [2.24, 2.45) is 5.92 Å². The summed E-state index contributed by atoms with van der Waals surface area (Å²) in [6, 6.07) is 11.0. The van der Waals surface area contributed by atoms with Gasteiger partial charge in [0.25, 0.3) is 5.91 Å². The highest BCUT2D eigenvalue weighted by Crippen LogP contribution is 2.35. The van der Waals surface area contributed by atoms with Gasteiger partial charge < -0.3 is 9.64 Å². The zero-order chi connectivity index (χ0) is 20.4. The van der Waals surface area contributed by atoms with E-state index in [2.05, 4.69) is 4.98 Å². The lowest BCUT2D eigenvalue weighted by molar-refractivity contribution is 0.0758. The van der Waals surface area contributed by atoms with Gasteiger partial charge in [0.15, 0.2) is 0 Å².